The number of aryl methyl sites for hydroxylation is 2. The SMILES string of the molecule is CCC1CCN(C(=O)c2cn(C)nc2C)C(CN)C1. The molecular weight excluding hydrogens is 240 g/mol. The molecule has 1 amide bonds. The van der Waals surface area contributed by atoms with Crippen LogP contribution >= 0.6 is 0 Å². The van der Waals surface area contributed by atoms with Crippen LogP contribution in [0.2, 0.25) is 0 Å². The normalized spacial score (nSPS) is 23.7. The Balaban J connectivity index is 2.16. The van der Waals surface area contributed by atoms with Crippen LogP contribution in [0.25, 0.3) is 0 Å². The molecule has 19 heavy (non-hydrogen) atoms. The monoisotopic (exact) mass is 264 g/mol. The predicted molar refractivity (Wildman–Crippen MR) is 74.8 cm³/mol. The lowest BCUT2D eigenvalue weighted by atomic mass is 9.88. The maximum Gasteiger partial charge on any atom is 0.257 e. The average molecular weight is 264 g/mol. The number of piperidine rings is 1. The number of hydrogen-bond donors (Lipinski definition) is 1. The number of carbonyl (C=O) groups is 1. The molecule has 0 spiro atoms. The third-order valence-corrected chi connectivity index (χ3v) is 4.18. The molecule has 2 rings (SSSR count). The van der Waals surface area contributed by atoms with Crippen LogP contribution in [0.3, 0.4) is 0 Å². The average Bonchev–Trinajstić information content (AvgIpc) is 2.76. The highest BCUT2D eigenvalue weighted by atomic mass is 16.2. The van der Waals surface area contributed by atoms with Gasteiger partial charge in [-0.2, -0.15) is 5.10 Å². The van der Waals surface area contributed by atoms with Crippen LogP contribution < -0.4 is 5.73 Å². The van der Waals surface area contributed by atoms with Crippen LogP contribution in [0.5, 0.6) is 0 Å². The summed E-state index contributed by atoms with van der Waals surface area (Å²) < 4.78 is 1.69. The summed E-state index contributed by atoms with van der Waals surface area (Å²) in [5.74, 6) is 0.781. The fourth-order valence-corrected chi connectivity index (χ4v) is 2.96. The Hall–Kier alpha value is -1.36. The van der Waals surface area contributed by atoms with Crippen molar-refractivity contribution in [2.24, 2.45) is 18.7 Å². The number of aromatic nitrogens is 2. The third kappa shape index (κ3) is 2.81. The van der Waals surface area contributed by atoms with E-state index in [2.05, 4.69) is 12.0 Å². The van der Waals surface area contributed by atoms with E-state index in [1.165, 1.54) is 6.42 Å². The van der Waals surface area contributed by atoms with Gasteiger partial charge in [-0.05, 0) is 25.7 Å². The van der Waals surface area contributed by atoms with Crippen molar-refractivity contribution >= 4 is 5.91 Å². The van der Waals surface area contributed by atoms with E-state index in [-0.39, 0.29) is 11.9 Å². The Labute approximate surface area is 114 Å². The second-order valence-electron chi connectivity index (χ2n) is 5.49. The lowest BCUT2D eigenvalue weighted by molar-refractivity contribution is 0.0558. The number of likely N-dealkylation sites (tertiary alicyclic amines) is 1. The topological polar surface area (TPSA) is 64.2 Å². The first-order valence-corrected chi connectivity index (χ1v) is 7.08. The van der Waals surface area contributed by atoms with E-state index in [1.54, 1.807) is 10.9 Å². The van der Waals surface area contributed by atoms with E-state index < -0.39 is 0 Å². The number of rotatable bonds is 3. The number of carbonyl (C=O) groups excluding carboxylic acids is 1. The Morgan fingerprint density at radius 1 is 1.58 bits per heavy atom. The molecule has 5 heteroatoms. The van der Waals surface area contributed by atoms with Crippen LogP contribution in [0.1, 0.15) is 42.2 Å². The molecule has 1 aromatic rings. The zero-order chi connectivity index (χ0) is 14.0. The Morgan fingerprint density at radius 3 is 2.84 bits per heavy atom. The maximum atomic E-state index is 12.6. The standard InChI is InChI=1S/C14H24N4O/c1-4-11-5-6-18(12(7-11)8-15)14(19)13-9-17(3)16-10(13)2/h9,11-12H,4-8,15H2,1-3H3. The van der Waals surface area contributed by atoms with Gasteiger partial charge in [-0.25, -0.2) is 0 Å². The zero-order valence-corrected chi connectivity index (χ0v) is 12.1. The highest BCUT2D eigenvalue weighted by Crippen LogP contribution is 2.26. The number of nitrogens with zero attached hydrogens (tertiary/aromatic N) is 3. The molecule has 2 N–H and O–H groups in total. The van der Waals surface area contributed by atoms with Crippen LogP contribution in [0, 0.1) is 12.8 Å². The van der Waals surface area contributed by atoms with Crippen LogP contribution in [0.15, 0.2) is 6.20 Å². The van der Waals surface area contributed by atoms with Crippen molar-refractivity contribution in [1.29, 1.82) is 0 Å². The van der Waals surface area contributed by atoms with Crippen LogP contribution in [-0.4, -0.2) is 39.7 Å². The summed E-state index contributed by atoms with van der Waals surface area (Å²) in [4.78, 5) is 14.6. The summed E-state index contributed by atoms with van der Waals surface area (Å²) in [5, 5.41) is 4.25. The van der Waals surface area contributed by atoms with Gasteiger partial charge in [0.05, 0.1) is 11.3 Å². The molecule has 0 radical (unpaired) electrons. The van der Waals surface area contributed by atoms with Gasteiger partial charge in [0.25, 0.3) is 5.91 Å². The van der Waals surface area contributed by atoms with Gasteiger partial charge in [-0.3, -0.25) is 9.48 Å². The summed E-state index contributed by atoms with van der Waals surface area (Å²) in [5.41, 5.74) is 7.35. The fourth-order valence-electron chi connectivity index (χ4n) is 2.96. The molecular formula is C14H24N4O. The minimum atomic E-state index is 0.0793. The molecule has 0 saturated carbocycles. The molecule has 1 fully saturated rings. The molecule has 2 heterocycles. The molecule has 0 bridgehead atoms. The summed E-state index contributed by atoms with van der Waals surface area (Å²) in [6.45, 7) is 5.44. The molecule has 1 aliphatic heterocycles. The molecule has 0 aromatic carbocycles. The van der Waals surface area contributed by atoms with Gasteiger partial charge in [0.1, 0.15) is 0 Å². The van der Waals surface area contributed by atoms with Gasteiger partial charge in [0.2, 0.25) is 0 Å². The molecule has 5 nitrogen and oxygen atoms in total. The lowest BCUT2D eigenvalue weighted by Gasteiger charge is -2.38. The maximum absolute atomic E-state index is 12.6. The van der Waals surface area contributed by atoms with Crippen LogP contribution in [-0.2, 0) is 7.05 Å². The Bertz CT molecular complexity index is 454. The molecule has 2 unspecified atom stereocenters. The molecule has 106 valence electrons. The van der Waals surface area contributed by atoms with Gasteiger partial charge in [0.15, 0.2) is 0 Å². The first kappa shape index (κ1) is 14.1. The summed E-state index contributed by atoms with van der Waals surface area (Å²) in [6.07, 6.45) is 5.08. The van der Waals surface area contributed by atoms with Crippen molar-refractivity contribution < 1.29 is 4.79 Å². The number of hydrogen-bond acceptors (Lipinski definition) is 3. The molecule has 2 atom stereocenters. The molecule has 1 aromatic heterocycles. The predicted octanol–water partition coefficient (Wildman–Crippen LogP) is 1.32. The number of amides is 1. The largest absolute Gasteiger partial charge is 0.334 e. The van der Waals surface area contributed by atoms with E-state index in [4.69, 9.17) is 5.73 Å². The minimum Gasteiger partial charge on any atom is -0.334 e. The molecule has 1 saturated heterocycles. The molecule has 1 aliphatic rings. The summed E-state index contributed by atoms with van der Waals surface area (Å²) >= 11 is 0. The van der Waals surface area contributed by atoms with Crippen LogP contribution in [0.4, 0.5) is 0 Å². The van der Waals surface area contributed by atoms with Crippen molar-refractivity contribution in [1.82, 2.24) is 14.7 Å². The minimum absolute atomic E-state index is 0.0793. The van der Waals surface area contributed by atoms with Crippen molar-refractivity contribution in [2.75, 3.05) is 13.1 Å². The Morgan fingerprint density at radius 2 is 2.32 bits per heavy atom. The van der Waals surface area contributed by atoms with Gasteiger partial charge >= 0.3 is 0 Å². The van der Waals surface area contributed by atoms with E-state index in [9.17, 15) is 4.79 Å². The van der Waals surface area contributed by atoms with Gasteiger partial charge in [-0.1, -0.05) is 13.3 Å². The van der Waals surface area contributed by atoms with E-state index in [0.717, 1.165) is 25.1 Å². The smallest absolute Gasteiger partial charge is 0.257 e. The third-order valence-electron chi connectivity index (χ3n) is 4.18. The first-order valence-electron chi connectivity index (χ1n) is 7.08. The van der Waals surface area contributed by atoms with E-state index in [1.807, 2.05) is 18.9 Å². The van der Waals surface area contributed by atoms with Gasteiger partial charge in [-0.15, -0.1) is 0 Å². The van der Waals surface area contributed by atoms with Crippen molar-refractivity contribution in [3.63, 3.8) is 0 Å². The van der Waals surface area contributed by atoms with Crippen molar-refractivity contribution in [3.05, 3.63) is 17.5 Å². The van der Waals surface area contributed by atoms with Gasteiger partial charge < -0.3 is 10.6 Å². The Kier molecular flexibility index (Phi) is 4.24. The molecule has 0 aliphatic carbocycles. The first-order chi connectivity index (χ1) is 9.06. The second kappa shape index (κ2) is 5.74. The van der Waals surface area contributed by atoms with E-state index in [0.29, 0.717) is 18.0 Å². The summed E-state index contributed by atoms with van der Waals surface area (Å²) in [7, 11) is 1.84. The highest BCUT2D eigenvalue weighted by molar-refractivity contribution is 5.95. The lowest BCUT2D eigenvalue weighted by Crippen LogP contribution is -2.49. The van der Waals surface area contributed by atoms with Crippen molar-refractivity contribution in [2.45, 2.75) is 39.2 Å². The quantitative estimate of drug-likeness (QED) is 0.895. The van der Waals surface area contributed by atoms with Crippen molar-refractivity contribution in [3.8, 4) is 0 Å². The fraction of sp³-hybridized carbons (Fsp3) is 0.714. The zero-order valence-electron chi connectivity index (χ0n) is 12.1. The highest BCUT2D eigenvalue weighted by Gasteiger charge is 2.31. The second-order valence-corrected chi connectivity index (χ2v) is 5.49. The summed E-state index contributed by atoms with van der Waals surface area (Å²) in [6, 6.07) is 0.172. The van der Waals surface area contributed by atoms with E-state index >= 15 is 0 Å². The number of nitrogens with two attached hydrogens (primary N) is 1. The van der Waals surface area contributed by atoms with Gasteiger partial charge in [0, 0.05) is 32.4 Å².